The molecule has 1 unspecified atom stereocenters. The minimum absolute atomic E-state index is 0.925. The Hall–Kier alpha value is -0.730. The third kappa shape index (κ3) is 1.86. The Bertz CT molecular complexity index is 220. The Morgan fingerprint density at radius 1 is 1.29 bits per heavy atom. The molecular formula is C7H13NO6. The molecule has 0 aromatic rings. The Balaban J connectivity index is 2.78. The van der Waals surface area contributed by atoms with E-state index < -0.39 is 36.6 Å². The van der Waals surface area contributed by atoms with Crippen molar-refractivity contribution in [2.24, 2.45) is 5.73 Å². The molecule has 1 amide bonds. The maximum absolute atomic E-state index is 10.8. The molecule has 5 atom stereocenters. The van der Waals surface area contributed by atoms with Crippen LogP contribution < -0.4 is 5.73 Å². The molecule has 82 valence electrons. The van der Waals surface area contributed by atoms with Crippen molar-refractivity contribution in [2.45, 2.75) is 30.7 Å². The van der Waals surface area contributed by atoms with Gasteiger partial charge < -0.3 is 30.5 Å². The highest BCUT2D eigenvalue weighted by atomic mass is 16.7. The highest BCUT2D eigenvalue weighted by Gasteiger charge is 2.46. The third-order valence-corrected chi connectivity index (χ3v) is 2.08. The molecular weight excluding hydrogens is 194 g/mol. The van der Waals surface area contributed by atoms with Crippen LogP contribution in [0, 0.1) is 0 Å². The fraction of sp³-hybridized carbons (Fsp3) is 0.857. The summed E-state index contributed by atoms with van der Waals surface area (Å²) in [4.78, 5) is 10.8. The van der Waals surface area contributed by atoms with E-state index >= 15 is 0 Å². The van der Waals surface area contributed by atoms with Crippen molar-refractivity contribution < 1.29 is 29.6 Å². The van der Waals surface area contributed by atoms with Gasteiger partial charge in [0.25, 0.3) is 0 Å². The van der Waals surface area contributed by atoms with Crippen LogP contribution in [0.15, 0.2) is 0 Å². The lowest BCUT2D eigenvalue weighted by Crippen LogP contribution is -2.61. The van der Waals surface area contributed by atoms with Crippen LogP contribution in [-0.4, -0.2) is 59.0 Å². The van der Waals surface area contributed by atoms with E-state index in [-0.39, 0.29) is 0 Å². The van der Waals surface area contributed by atoms with Crippen LogP contribution in [0.3, 0.4) is 0 Å². The van der Waals surface area contributed by atoms with Gasteiger partial charge in [-0.3, -0.25) is 4.79 Å². The number of nitrogens with two attached hydrogens (primary N) is 1. The summed E-state index contributed by atoms with van der Waals surface area (Å²) in [6, 6.07) is 0. The molecule has 1 heterocycles. The fourth-order valence-corrected chi connectivity index (χ4v) is 1.28. The van der Waals surface area contributed by atoms with Crippen LogP contribution in [-0.2, 0) is 14.3 Å². The van der Waals surface area contributed by atoms with Crippen LogP contribution in [0.1, 0.15) is 0 Å². The number of ether oxygens (including phenoxy) is 2. The highest BCUT2D eigenvalue weighted by molar-refractivity contribution is 5.79. The van der Waals surface area contributed by atoms with Crippen molar-refractivity contribution in [2.75, 3.05) is 7.11 Å². The number of rotatable bonds is 2. The average Bonchev–Trinajstić information content (AvgIpc) is 2.14. The Morgan fingerprint density at radius 2 is 1.86 bits per heavy atom. The Morgan fingerprint density at radius 3 is 2.29 bits per heavy atom. The minimum Gasteiger partial charge on any atom is -0.387 e. The van der Waals surface area contributed by atoms with Crippen molar-refractivity contribution in [1.29, 1.82) is 0 Å². The topological polar surface area (TPSA) is 122 Å². The standard InChI is InChI=1S/C7H13NO6/c1-13-7-4(11)2(9)3(10)5(14-7)6(8)12/h2-5,7,9-11H,1H3,(H2,8,12)/t2-,3+,4+,5-,7?/m0/s1. The number of carbonyl (C=O) groups excluding carboxylic acids is 1. The molecule has 14 heavy (non-hydrogen) atoms. The van der Waals surface area contributed by atoms with Gasteiger partial charge in [-0.05, 0) is 0 Å². The predicted molar refractivity (Wildman–Crippen MR) is 42.9 cm³/mol. The summed E-state index contributed by atoms with van der Waals surface area (Å²) in [7, 11) is 1.23. The summed E-state index contributed by atoms with van der Waals surface area (Å²) in [5, 5.41) is 27.9. The molecule has 0 saturated carbocycles. The normalized spacial score (nSPS) is 43.6. The van der Waals surface area contributed by atoms with Gasteiger partial charge in [-0.2, -0.15) is 0 Å². The number of aliphatic hydroxyl groups excluding tert-OH is 3. The second kappa shape index (κ2) is 4.20. The molecule has 1 aliphatic heterocycles. The number of aliphatic hydroxyl groups is 3. The number of amides is 1. The maximum Gasteiger partial charge on any atom is 0.249 e. The second-order valence-corrected chi connectivity index (χ2v) is 3.03. The molecule has 0 aromatic heterocycles. The van der Waals surface area contributed by atoms with E-state index in [1.807, 2.05) is 0 Å². The van der Waals surface area contributed by atoms with Crippen molar-refractivity contribution in [3.8, 4) is 0 Å². The first-order valence-corrected chi connectivity index (χ1v) is 4.00. The first kappa shape index (κ1) is 11.3. The van der Waals surface area contributed by atoms with Gasteiger partial charge in [0.1, 0.15) is 18.3 Å². The lowest BCUT2D eigenvalue weighted by molar-refractivity contribution is -0.283. The molecule has 1 aliphatic rings. The molecule has 1 fully saturated rings. The number of hydrogen-bond donors (Lipinski definition) is 4. The molecule has 1 saturated heterocycles. The van der Waals surface area contributed by atoms with Gasteiger partial charge in [0.05, 0.1) is 0 Å². The largest absolute Gasteiger partial charge is 0.387 e. The van der Waals surface area contributed by atoms with Crippen molar-refractivity contribution in [3.63, 3.8) is 0 Å². The Kier molecular flexibility index (Phi) is 3.40. The average molecular weight is 207 g/mol. The molecule has 7 nitrogen and oxygen atoms in total. The second-order valence-electron chi connectivity index (χ2n) is 3.03. The van der Waals surface area contributed by atoms with Gasteiger partial charge in [0.2, 0.25) is 5.91 Å². The van der Waals surface area contributed by atoms with E-state index in [1.165, 1.54) is 7.11 Å². The van der Waals surface area contributed by atoms with Crippen molar-refractivity contribution in [3.05, 3.63) is 0 Å². The Labute approximate surface area is 80.0 Å². The quantitative estimate of drug-likeness (QED) is 0.381. The maximum atomic E-state index is 10.8. The van der Waals surface area contributed by atoms with Gasteiger partial charge in [0.15, 0.2) is 12.4 Å². The zero-order chi connectivity index (χ0) is 10.9. The van der Waals surface area contributed by atoms with E-state index in [0.717, 1.165) is 0 Å². The molecule has 0 radical (unpaired) electrons. The fourth-order valence-electron chi connectivity index (χ4n) is 1.28. The molecule has 0 aliphatic carbocycles. The summed E-state index contributed by atoms with van der Waals surface area (Å²) in [5.41, 5.74) is 4.91. The van der Waals surface area contributed by atoms with Gasteiger partial charge in [-0.25, -0.2) is 0 Å². The summed E-state index contributed by atoms with van der Waals surface area (Å²) in [5.74, 6) is -0.925. The smallest absolute Gasteiger partial charge is 0.249 e. The van der Waals surface area contributed by atoms with E-state index in [2.05, 4.69) is 4.74 Å². The van der Waals surface area contributed by atoms with E-state index in [1.54, 1.807) is 0 Å². The van der Waals surface area contributed by atoms with Crippen molar-refractivity contribution >= 4 is 5.91 Å². The van der Waals surface area contributed by atoms with Crippen LogP contribution >= 0.6 is 0 Å². The first-order valence-electron chi connectivity index (χ1n) is 4.00. The number of hydrogen-bond acceptors (Lipinski definition) is 6. The molecule has 0 aromatic carbocycles. The summed E-state index contributed by atoms with van der Waals surface area (Å²) >= 11 is 0. The number of methoxy groups -OCH3 is 1. The van der Waals surface area contributed by atoms with E-state index in [4.69, 9.17) is 10.5 Å². The van der Waals surface area contributed by atoms with Gasteiger partial charge >= 0.3 is 0 Å². The summed E-state index contributed by atoms with van der Waals surface area (Å²) < 4.78 is 9.49. The lowest BCUT2D eigenvalue weighted by Gasteiger charge is -2.38. The minimum atomic E-state index is -1.55. The summed E-state index contributed by atoms with van der Waals surface area (Å²) in [6.07, 6.45) is -7.03. The predicted octanol–water partition coefficient (Wildman–Crippen LogP) is -3.07. The zero-order valence-corrected chi connectivity index (χ0v) is 7.53. The van der Waals surface area contributed by atoms with Crippen LogP contribution in [0.5, 0.6) is 0 Å². The number of primary amides is 1. The zero-order valence-electron chi connectivity index (χ0n) is 7.53. The molecule has 0 spiro atoms. The monoisotopic (exact) mass is 207 g/mol. The van der Waals surface area contributed by atoms with Crippen molar-refractivity contribution in [1.82, 2.24) is 0 Å². The summed E-state index contributed by atoms with van der Waals surface area (Å²) in [6.45, 7) is 0. The van der Waals surface area contributed by atoms with Crippen LogP contribution in [0.4, 0.5) is 0 Å². The lowest BCUT2D eigenvalue weighted by atomic mass is 9.98. The molecule has 5 N–H and O–H groups in total. The van der Waals surface area contributed by atoms with Gasteiger partial charge in [-0.1, -0.05) is 0 Å². The van der Waals surface area contributed by atoms with Gasteiger partial charge in [0, 0.05) is 7.11 Å². The highest BCUT2D eigenvalue weighted by Crippen LogP contribution is 2.21. The SMILES string of the molecule is COC1O[C@H](C(N)=O)[C@H](O)[C@H](O)[C@H]1O. The van der Waals surface area contributed by atoms with E-state index in [0.29, 0.717) is 0 Å². The third-order valence-electron chi connectivity index (χ3n) is 2.08. The van der Waals surface area contributed by atoms with Crippen LogP contribution in [0.2, 0.25) is 0 Å². The molecule has 0 bridgehead atoms. The van der Waals surface area contributed by atoms with Gasteiger partial charge in [-0.15, -0.1) is 0 Å². The van der Waals surface area contributed by atoms with E-state index in [9.17, 15) is 20.1 Å². The number of carbonyl (C=O) groups is 1. The van der Waals surface area contributed by atoms with Crippen LogP contribution in [0.25, 0.3) is 0 Å². The molecule has 7 heteroatoms. The molecule has 1 rings (SSSR count). The first-order chi connectivity index (χ1) is 6.49.